The average Bonchev–Trinajstić information content (AvgIpc) is 2.91. The third-order valence-electron chi connectivity index (χ3n) is 5.60. The van der Waals surface area contributed by atoms with Gasteiger partial charge >= 0.3 is 5.97 Å². The van der Waals surface area contributed by atoms with Gasteiger partial charge in [0.15, 0.2) is 0 Å². The van der Waals surface area contributed by atoms with Gasteiger partial charge in [-0.25, -0.2) is 0 Å². The van der Waals surface area contributed by atoms with E-state index in [0.29, 0.717) is 30.1 Å². The van der Waals surface area contributed by atoms with E-state index in [9.17, 15) is 14.7 Å². The number of nitrogens with one attached hydrogen (secondary N) is 1. The molecule has 0 radical (unpaired) electrons. The summed E-state index contributed by atoms with van der Waals surface area (Å²) in [6.45, 7) is 0.777. The van der Waals surface area contributed by atoms with Gasteiger partial charge in [0.25, 0.3) is 5.91 Å². The predicted molar refractivity (Wildman–Crippen MR) is 145 cm³/mol. The lowest BCUT2D eigenvalue weighted by atomic mass is 10.0. The number of carbonyl (C=O) groups is 2. The van der Waals surface area contributed by atoms with E-state index < -0.39 is 12.0 Å². The van der Waals surface area contributed by atoms with Gasteiger partial charge in [0.05, 0.1) is 12.5 Å². The molecule has 1 unspecified atom stereocenters. The van der Waals surface area contributed by atoms with Crippen molar-refractivity contribution >= 4 is 27.8 Å². The molecular weight excluding hydrogens is 534 g/mol. The monoisotopic (exact) mass is 559 g/mol. The van der Waals surface area contributed by atoms with Crippen molar-refractivity contribution in [3.8, 4) is 11.5 Å². The van der Waals surface area contributed by atoms with Crippen molar-refractivity contribution < 1.29 is 24.2 Å². The lowest BCUT2D eigenvalue weighted by Crippen LogP contribution is -2.30. The largest absolute Gasteiger partial charge is 0.489 e. The fraction of sp³-hybridized carbons (Fsp3) is 0.133. The molecule has 6 nitrogen and oxygen atoms in total. The van der Waals surface area contributed by atoms with Gasteiger partial charge in [-0.1, -0.05) is 76.6 Å². The van der Waals surface area contributed by atoms with Crippen LogP contribution in [-0.2, 0) is 18.0 Å². The van der Waals surface area contributed by atoms with Crippen LogP contribution in [-0.4, -0.2) is 17.0 Å². The van der Waals surface area contributed by atoms with Gasteiger partial charge in [-0.2, -0.15) is 0 Å². The van der Waals surface area contributed by atoms with Crippen molar-refractivity contribution in [1.82, 2.24) is 5.32 Å². The molecule has 188 valence electrons. The molecule has 0 aliphatic rings. The first-order chi connectivity index (χ1) is 18.0. The molecule has 0 saturated heterocycles. The van der Waals surface area contributed by atoms with Gasteiger partial charge in [-0.15, -0.1) is 0 Å². The van der Waals surface area contributed by atoms with Crippen molar-refractivity contribution in [3.63, 3.8) is 0 Å². The first-order valence-corrected chi connectivity index (χ1v) is 12.5. The molecule has 1 amide bonds. The van der Waals surface area contributed by atoms with E-state index in [1.807, 2.05) is 66.7 Å². The molecule has 0 spiro atoms. The summed E-state index contributed by atoms with van der Waals surface area (Å²) in [5, 5.41) is 12.2. The van der Waals surface area contributed by atoms with E-state index in [1.54, 1.807) is 36.4 Å². The summed E-state index contributed by atoms with van der Waals surface area (Å²) in [6, 6.07) is 31.0. The normalized spacial score (nSPS) is 11.4. The summed E-state index contributed by atoms with van der Waals surface area (Å²) in [7, 11) is 0. The number of benzene rings is 4. The minimum atomic E-state index is -1.000. The Kier molecular flexibility index (Phi) is 8.94. The summed E-state index contributed by atoms with van der Waals surface area (Å²) in [5.41, 5.74) is 3.10. The summed E-state index contributed by atoms with van der Waals surface area (Å²) in [5.74, 6) is -0.103. The van der Waals surface area contributed by atoms with Crippen LogP contribution in [0.3, 0.4) is 0 Å². The number of carbonyl (C=O) groups excluding carboxylic acids is 1. The molecule has 2 N–H and O–H groups in total. The SMILES string of the molecule is O=C(O)CC(NC(=O)c1cccc(OCc2cccc(OCc3ccccc3)c2)c1)c1ccc(Br)cc1. The van der Waals surface area contributed by atoms with Crippen LogP contribution < -0.4 is 14.8 Å². The summed E-state index contributed by atoms with van der Waals surface area (Å²) < 4.78 is 12.7. The number of hydrogen-bond acceptors (Lipinski definition) is 4. The molecule has 7 heteroatoms. The molecular formula is C30H26BrNO5. The Morgan fingerprint density at radius 1 is 0.757 bits per heavy atom. The molecule has 4 aromatic carbocycles. The van der Waals surface area contributed by atoms with Gasteiger partial charge < -0.3 is 19.9 Å². The van der Waals surface area contributed by atoms with Crippen LogP contribution in [0.2, 0.25) is 0 Å². The Labute approximate surface area is 224 Å². The number of rotatable bonds is 11. The topological polar surface area (TPSA) is 84.9 Å². The second-order valence-electron chi connectivity index (χ2n) is 8.41. The second kappa shape index (κ2) is 12.7. The smallest absolute Gasteiger partial charge is 0.305 e. The van der Waals surface area contributed by atoms with Crippen LogP contribution in [0.1, 0.15) is 39.5 Å². The predicted octanol–water partition coefficient (Wildman–Crippen LogP) is 6.55. The highest BCUT2D eigenvalue weighted by atomic mass is 79.9. The molecule has 0 bridgehead atoms. The third-order valence-corrected chi connectivity index (χ3v) is 6.13. The van der Waals surface area contributed by atoms with Gasteiger partial charge in [0.2, 0.25) is 0 Å². The van der Waals surface area contributed by atoms with E-state index in [-0.39, 0.29) is 12.3 Å². The number of halogens is 1. The minimum absolute atomic E-state index is 0.230. The highest BCUT2D eigenvalue weighted by molar-refractivity contribution is 9.10. The Bertz CT molecular complexity index is 1340. The van der Waals surface area contributed by atoms with Crippen LogP contribution in [0.4, 0.5) is 0 Å². The lowest BCUT2D eigenvalue weighted by Gasteiger charge is -2.18. The summed E-state index contributed by atoms with van der Waals surface area (Å²) in [4.78, 5) is 24.3. The maximum Gasteiger partial charge on any atom is 0.305 e. The first-order valence-electron chi connectivity index (χ1n) is 11.7. The molecule has 0 aromatic heterocycles. The van der Waals surface area contributed by atoms with Gasteiger partial charge in [0, 0.05) is 10.0 Å². The van der Waals surface area contributed by atoms with E-state index in [2.05, 4.69) is 21.2 Å². The molecule has 0 aliphatic heterocycles. The first kappa shape index (κ1) is 26.0. The van der Waals surface area contributed by atoms with Crippen LogP contribution >= 0.6 is 15.9 Å². The summed E-state index contributed by atoms with van der Waals surface area (Å²) in [6.07, 6.45) is -0.230. The third kappa shape index (κ3) is 7.95. The van der Waals surface area contributed by atoms with Crippen molar-refractivity contribution in [3.05, 3.63) is 130 Å². The molecule has 0 fully saturated rings. The number of carboxylic acids is 1. The van der Waals surface area contributed by atoms with Gasteiger partial charge in [-0.3, -0.25) is 9.59 Å². The quantitative estimate of drug-likeness (QED) is 0.217. The number of amides is 1. The lowest BCUT2D eigenvalue weighted by molar-refractivity contribution is -0.137. The Morgan fingerprint density at radius 2 is 1.38 bits per heavy atom. The molecule has 37 heavy (non-hydrogen) atoms. The Morgan fingerprint density at radius 3 is 2.08 bits per heavy atom. The maximum atomic E-state index is 13.0. The second-order valence-corrected chi connectivity index (χ2v) is 9.33. The molecule has 0 aliphatic carbocycles. The average molecular weight is 560 g/mol. The number of ether oxygens (including phenoxy) is 2. The summed E-state index contributed by atoms with van der Waals surface area (Å²) >= 11 is 3.37. The highest BCUT2D eigenvalue weighted by Gasteiger charge is 2.19. The number of carboxylic acid groups (broad SMARTS) is 1. The molecule has 4 aromatic rings. The van der Waals surface area contributed by atoms with E-state index in [0.717, 1.165) is 21.3 Å². The molecule has 1 atom stereocenters. The number of hydrogen-bond donors (Lipinski definition) is 2. The van der Waals surface area contributed by atoms with Crippen LogP contribution in [0.25, 0.3) is 0 Å². The Balaban J connectivity index is 1.37. The van der Waals surface area contributed by atoms with Crippen LogP contribution in [0.15, 0.2) is 108 Å². The molecule has 0 saturated carbocycles. The maximum absolute atomic E-state index is 13.0. The molecule has 4 rings (SSSR count). The minimum Gasteiger partial charge on any atom is -0.489 e. The highest BCUT2D eigenvalue weighted by Crippen LogP contribution is 2.22. The van der Waals surface area contributed by atoms with Gasteiger partial charge in [0.1, 0.15) is 24.7 Å². The standard InChI is InChI=1S/C30H26BrNO5/c31-25-14-12-23(13-15-25)28(18-29(33)34)32-30(35)24-9-5-11-27(17-24)37-20-22-8-4-10-26(16-22)36-19-21-6-2-1-3-7-21/h1-17,28H,18-20H2,(H,32,35)(H,33,34). The van der Waals surface area contributed by atoms with E-state index in [1.165, 1.54) is 0 Å². The Hall–Kier alpha value is -4.10. The van der Waals surface area contributed by atoms with E-state index in [4.69, 9.17) is 9.47 Å². The zero-order valence-electron chi connectivity index (χ0n) is 20.0. The van der Waals surface area contributed by atoms with Crippen molar-refractivity contribution in [2.24, 2.45) is 0 Å². The van der Waals surface area contributed by atoms with Crippen LogP contribution in [0.5, 0.6) is 11.5 Å². The fourth-order valence-electron chi connectivity index (χ4n) is 3.72. The van der Waals surface area contributed by atoms with Gasteiger partial charge in [-0.05, 0) is 59.2 Å². The molecule has 0 heterocycles. The van der Waals surface area contributed by atoms with E-state index >= 15 is 0 Å². The zero-order chi connectivity index (χ0) is 26.0. The fourth-order valence-corrected chi connectivity index (χ4v) is 3.99. The van der Waals surface area contributed by atoms with Crippen molar-refractivity contribution in [2.75, 3.05) is 0 Å². The van der Waals surface area contributed by atoms with Crippen LogP contribution in [0, 0.1) is 0 Å². The van der Waals surface area contributed by atoms with Crippen molar-refractivity contribution in [2.45, 2.75) is 25.7 Å². The van der Waals surface area contributed by atoms with Crippen molar-refractivity contribution in [1.29, 1.82) is 0 Å². The zero-order valence-corrected chi connectivity index (χ0v) is 21.6. The number of aliphatic carboxylic acids is 1.